The quantitative estimate of drug-likeness (QED) is 0.889. The van der Waals surface area contributed by atoms with Crippen LogP contribution in [0.1, 0.15) is 55.7 Å². The van der Waals surface area contributed by atoms with Crippen molar-refractivity contribution in [2.75, 3.05) is 5.32 Å². The number of carbonyl (C=O) groups is 1. The summed E-state index contributed by atoms with van der Waals surface area (Å²) in [7, 11) is 0. The number of hydrogen-bond acceptors (Lipinski definition) is 4. The number of nitrogens with one attached hydrogen (secondary N) is 2. The zero-order chi connectivity index (χ0) is 15.7. The van der Waals surface area contributed by atoms with Gasteiger partial charge in [-0.3, -0.25) is 4.68 Å². The minimum absolute atomic E-state index is 0.121. The Balaban J connectivity index is 1.63. The zero-order valence-electron chi connectivity index (χ0n) is 13.1. The minimum atomic E-state index is -0.259. The van der Waals surface area contributed by atoms with Crippen LogP contribution in [0.5, 0.6) is 0 Å². The molecule has 118 valence electrons. The molecule has 0 aliphatic heterocycles. The van der Waals surface area contributed by atoms with Gasteiger partial charge in [0.2, 0.25) is 0 Å². The molecule has 0 bridgehead atoms. The molecule has 0 saturated heterocycles. The Kier molecular flexibility index (Phi) is 3.87. The average Bonchev–Trinajstić information content (AvgIpc) is 3.10. The zero-order valence-corrected chi connectivity index (χ0v) is 13.1. The Morgan fingerprint density at radius 3 is 2.95 bits per heavy atom. The van der Waals surface area contributed by atoms with Crippen molar-refractivity contribution in [1.82, 2.24) is 20.3 Å². The fourth-order valence-electron chi connectivity index (χ4n) is 2.37. The van der Waals surface area contributed by atoms with E-state index in [1.54, 1.807) is 6.20 Å². The monoisotopic (exact) mass is 303 g/mol. The van der Waals surface area contributed by atoms with Crippen molar-refractivity contribution in [3.05, 3.63) is 29.4 Å². The molecule has 0 aromatic carbocycles. The second-order valence-corrected chi connectivity index (χ2v) is 5.73. The molecule has 1 aliphatic carbocycles. The number of urea groups is 1. The fourth-order valence-corrected chi connectivity index (χ4v) is 2.37. The van der Waals surface area contributed by atoms with E-state index in [9.17, 15) is 4.79 Å². The highest BCUT2D eigenvalue weighted by Crippen LogP contribution is 2.44. The van der Waals surface area contributed by atoms with E-state index in [-0.39, 0.29) is 12.1 Å². The first-order valence-electron chi connectivity index (χ1n) is 7.64. The van der Waals surface area contributed by atoms with Crippen LogP contribution in [0, 0.1) is 6.92 Å². The second kappa shape index (κ2) is 5.82. The Bertz CT molecular complexity index is 671. The minimum Gasteiger partial charge on any atom is -0.359 e. The lowest BCUT2D eigenvalue weighted by Crippen LogP contribution is -2.31. The van der Waals surface area contributed by atoms with Crippen molar-refractivity contribution in [3.8, 4) is 0 Å². The van der Waals surface area contributed by atoms with Crippen molar-refractivity contribution >= 4 is 11.7 Å². The number of rotatable bonds is 5. The third-order valence-electron chi connectivity index (χ3n) is 3.90. The van der Waals surface area contributed by atoms with Gasteiger partial charge in [0.1, 0.15) is 11.4 Å². The highest BCUT2D eigenvalue weighted by molar-refractivity contribution is 5.90. The van der Waals surface area contributed by atoms with Crippen LogP contribution in [0.3, 0.4) is 0 Å². The van der Waals surface area contributed by atoms with Crippen molar-refractivity contribution < 1.29 is 9.32 Å². The van der Waals surface area contributed by atoms with Gasteiger partial charge in [0.25, 0.3) is 0 Å². The third kappa shape index (κ3) is 2.98. The SMILES string of the molecule is CCn1cc(C(C)NC(=O)Nc2c(C)noc2C2CC2)cn1. The summed E-state index contributed by atoms with van der Waals surface area (Å²) in [6.07, 6.45) is 5.90. The van der Waals surface area contributed by atoms with E-state index in [1.807, 2.05) is 31.6 Å². The first-order chi connectivity index (χ1) is 10.6. The van der Waals surface area contributed by atoms with Gasteiger partial charge in [-0.05, 0) is 33.6 Å². The maximum Gasteiger partial charge on any atom is 0.319 e. The van der Waals surface area contributed by atoms with Crippen LogP contribution in [-0.4, -0.2) is 21.0 Å². The van der Waals surface area contributed by atoms with E-state index in [0.717, 1.165) is 30.7 Å². The summed E-state index contributed by atoms with van der Waals surface area (Å²) < 4.78 is 7.16. The normalized spacial score (nSPS) is 15.6. The molecule has 2 aromatic heterocycles. The van der Waals surface area contributed by atoms with Crippen molar-refractivity contribution in [3.63, 3.8) is 0 Å². The highest BCUT2D eigenvalue weighted by Gasteiger charge is 2.32. The van der Waals surface area contributed by atoms with Crippen LogP contribution in [0.4, 0.5) is 10.5 Å². The topological polar surface area (TPSA) is 85.0 Å². The van der Waals surface area contributed by atoms with Crippen LogP contribution >= 0.6 is 0 Å². The molecular formula is C15H21N5O2. The van der Waals surface area contributed by atoms with E-state index in [2.05, 4.69) is 20.9 Å². The highest BCUT2D eigenvalue weighted by atomic mass is 16.5. The standard InChI is InChI=1S/C15H21N5O2/c1-4-20-8-12(7-16-20)9(2)17-15(21)18-13-10(3)19-22-14(13)11-5-6-11/h7-9,11H,4-6H2,1-3H3,(H2,17,18,21). The maximum atomic E-state index is 12.2. The molecule has 7 heteroatoms. The largest absolute Gasteiger partial charge is 0.359 e. The molecule has 1 fully saturated rings. The molecule has 1 aliphatic rings. The van der Waals surface area contributed by atoms with Crippen molar-refractivity contribution in [2.24, 2.45) is 0 Å². The van der Waals surface area contributed by atoms with E-state index in [4.69, 9.17) is 4.52 Å². The number of anilines is 1. The van der Waals surface area contributed by atoms with Crippen molar-refractivity contribution in [2.45, 2.75) is 52.1 Å². The molecule has 7 nitrogen and oxygen atoms in total. The fraction of sp³-hybridized carbons (Fsp3) is 0.533. The van der Waals surface area contributed by atoms with Gasteiger partial charge in [-0.15, -0.1) is 0 Å². The number of hydrogen-bond donors (Lipinski definition) is 2. The van der Waals surface area contributed by atoms with Gasteiger partial charge in [-0.1, -0.05) is 5.16 Å². The number of carbonyl (C=O) groups excluding carboxylic acids is 1. The Morgan fingerprint density at radius 2 is 2.32 bits per heavy atom. The van der Waals surface area contributed by atoms with Gasteiger partial charge >= 0.3 is 6.03 Å². The van der Waals surface area contributed by atoms with Gasteiger partial charge in [-0.2, -0.15) is 5.10 Å². The number of amides is 2. The number of aromatic nitrogens is 3. The summed E-state index contributed by atoms with van der Waals surface area (Å²) in [5, 5.41) is 14.0. The lowest BCUT2D eigenvalue weighted by atomic mass is 10.2. The lowest BCUT2D eigenvalue weighted by molar-refractivity contribution is 0.249. The van der Waals surface area contributed by atoms with Gasteiger partial charge in [0, 0.05) is 24.2 Å². The summed E-state index contributed by atoms with van der Waals surface area (Å²) in [6, 6.07) is -0.380. The number of aryl methyl sites for hydroxylation is 2. The molecule has 0 radical (unpaired) electrons. The molecule has 1 saturated carbocycles. The van der Waals surface area contributed by atoms with Gasteiger partial charge in [-0.25, -0.2) is 4.79 Å². The van der Waals surface area contributed by atoms with E-state index in [1.165, 1.54) is 0 Å². The molecular weight excluding hydrogens is 282 g/mol. The van der Waals surface area contributed by atoms with Crippen LogP contribution in [0.15, 0.2) is 16.9 Å². The maximum absolute atomic E-state index is 12.2. The first kappa shape index (κ1) is 14.6. The van der Waals surface area contributed by atoms with E-state index < -0.39 is 0 Å². The average molecular weight is 303 g/mol. The summed E-state index contributed by atoms with van der Waals surface area (Å²) in [6.45, 7) is 6.60. The second-order valence-electron chi connectivity index (χ2n) is 5.73. The third-order valence-corrected chi connectivity index (χ3v) is 3.90. The van der Waals surface area contributed by atoms with E-state index >= 15 is 0 Å². The molecule has 2 heterocycles. The van der Waals surface area contributed by atoms with Crippen molar-refractivity contribution in [1.29, 1.82) is 0 Å². The predicted molar refractivity (Wildman–Crippen MR) is 81.7 cm³/mol. The van der Waals surface area contributed by atoms with E-state index in [0.29, 0.717) is 17.3 Å². The summed E-state index contributed by atoms with van der Waals surface area (Å²) in [5.74, 6) is 1.19. The first-order valence-corrected chi connectivity index (χ1v) is 7.64. The van der Waals surface area contributed by atoms with Crippen LogP contribution < -0.4 is 10.6 Å². The molecule has 1 unspecified atom stereocenters. The van der Waals surface area contributed by atoms with Crippen LogP contribution in [-0.2, 0) is 6.54 Å². The Morgan fingerprint density at radius 1 is 1.55 bits per heavy atom. The molecule has 2 amide bonds. The Labute approximate surface area is 129 Å². The lowest BCUT2D eigenvalue weighted by Gasteiger charge is -2.13. The number of nitrogens with zero attached hydrogens (tertiary/aromatic N) is 3. The molecule has 22 heavy (non-hydrogen) atoms. The summed E-state index contributed by atoms with van der Waals surface area (Å²) in [5.41, 5.74) is 2.39. The van der Waals surface area contributed by atoms with Gasteiger partial charge < -0.3 is 15.2 Å². The smallest absolute Gasteiger partial charge is 0.319 e. The van der Waals surface area contributed by atoms with Crippen LogP contribution in [0.25, 0.3) is 0 Å². The van der Waals surface area contributed by atoms with Gasteiger partial charge in [0.15, 0.2) is 5.76 Å². The molecule has 2 N–H and O–H groups in total. The summed E-state index contributed by atoms with van der Waals surface area (Å²) >= 11 is 0. The molecule has 3 rings (SSSR count). The molecule has 0 spiro atoms. The van der Waals surface area contributed by atoms with Crippen LogP contribution in [0.2, 0.25) is 0 Å². The summed E-state index contributed by atoms with van der Waals surface area (Å²) in [4.78, 5) is 12.2. The molecule has 1 atom stereocenters. The van der Waals surface area contributed by atoms with Gasteiger partial charge in [0.05, 0.1) is 12.2 Å². The predicted octanol–water partition coefficient (Wildman–Crippen LogP) is 2.96. The Hall–Kier alpha value is -2.31. The molecule has 2 aromatic rings.